The summed E-state index contributed by atoms with van der Waals surface area (Å²) in [6.45, 7) is 8.53. The number of amides is 2. The Kier molecular flexibility index (Phi) is 8.28. The van der Waals surface area contributed by atoms with Crippen LogP contribution in [0.1, 0.15) is 25.0 Å². The molecule has 0 aliphatic carbocycles. The smallest absolute Gasteiger partial charge is 0.281 e. The van der Waals surface area contributed by atoms with E-state index in [1.807, 2.05) is 14.7 Å². The van der Waals surface area contributed by atoms with Gasteiger partial charge in [-0.05, 0) is 18.9 Å². The third kappa shape index (κ3) is 5.93. The standard InChI is InChI=1S/C25H32F2N10O3/c1-2-18(38)34-5-3-16(4-6-34)22(39)35-7-9-36(10-8-35)24-31-21(17-15-29-23(28)30-19(17)20(26)27)32-25(33-24)37-11-13-40-14-12-37/h2,15-16,20H,1,3-14H2,(H2,28,29,30). The number of anilines is 3. The van der Waals surface area contributed by atoms with E-state index < -0.39 is 12.1 Å². The van der Waals surface area contributed by atoms with Crippen LogP contribution in [0, 0.1) is 5.92 Å². The number of piperidine rings is 1. The topological polar surface area (TPSA) is 147 Å². The van der Waals surface area contributed by atoms with E-state index in [2.05, 4.69) is 31.5 Å². The van der Waals surface area contributed by atoms with E-state index >= 15 is 0 Å². The monoisotopic (exact) mass is 558 g/mol. The molecule has 3 aliphatic heterocycles. The normalized spacial score (nSPS) is 18.8. The molecule has 13 nitrogen and oxygen atoms in total. The van der Waals surface area contributed by atoms with Crippen LogP contribution in [-0.2, 0) is 14.3 Å². The highest BCUT2D eigenvalue weighted by molar-refractivity contribution is 5.87. The SMILES string of the molecule is C=CC(=O)N1CCC(C(=O)N2CCN(c3nc(-c4cnc(N)nc4C(F)F)nc(N4CCOCC4)n3)CC2)CC1. The van der Waals surface area contributed by atoms with Crippen LogP contribution >= 0.6 is 0 Å². The fourth-order valence-electron chi connectivity index (χ4n) is 5.13. The molecule has 3 fully saturated rings. The second kappa shape index (κ2) is 12.0. The number of hydrogen-bond donors (Lipinski definition) is 1. The third-order valence-electron chi connectivity index (χ3n) is 7.39. The average molecular weight is 559 g/mol. The number of nitrogens with two attached hydrogens (primary N) is 1. The van der Waals surface area contributed by atoms with E-state index in [1.54, 1.807) is 4.90 Å². The fraction of sp³-hybridized carbons (Fsp3) is 0.560. The highest BCUT2D eigenvalue weighted by Crippen LogP contribution is 2.30. The number of aromatic nitrogens is 5. The molecule has 214 valence electrons. The quantitative estimate of drug-likeness (QED) is 0.501. The lowest BCUT2D eigenvalue weighted by Gasteiger charge is -2.38. The third-order valence-corrected chi connectivity index (χ3v) is 7.39. The number of carbonyl (C=O) groups is 2. The molecule has 0 radical (unpaired) electrons. The van der Waals surface area contributed by atoms with Gasteiger partial charge in [-0.15, -0.1) is 0 Å². The molecule has 2 aromatic heterocycles. The number of piperazine rings is 1. The Morgan fingerprint density at radius 1 is 0.925 bits per heavy atom. The van der Waals surface area contributed by atoms with Gasteiger partial charge in [0.1, 0.15) is 5.69 Å². The number of nitrogens with zero attached hydrogens (tertiary/aromatic N) is 9. The molecular formula is C25H32F2N10O3. The van der Waals surface area contributed by atoms with Crippen LogP contribution in [0.25, 0.3) is 11.4 Å². The summed E-state index contributed by atoms with van der Waals surface area (Å²) in [6.07, 6.45) is 0.843. The summed E-state index contributed by atoms with van der Waals surface area (Å²) in [4.78, 5) is 53.7. The van der Waals surface area contributed by atoms with Crippen LogP contribution in [0.2, 0.25) is 0 Å². The first-order valence-electron chi connectivity index (χ1n) is 13.3. The van der Waals surface area contributed by atoms with Crippen molar-refractivity contribution in [2.45, 2.75) is 19.3 Å². The van der Waals surface area contributed by atoms with Crippen LogP contribution in [0.3, 0.4) is 0 Å². The maximum absolute atomic E-state index is 13.8. The predicted molar refractivity (Wildman–Crippen MR) is 142 cm³/mol. The van der Waals surface area contributed by atoms with Crippen LogP contribution in [0.5, 0.6) is 0 Å². The van der Waals surface area contributed by atoms with Crippen molar-refractivity contribution >= 4 is 29.7 Å². The molecule has 2 aromatic rings. The Morgan fingerprint density at radius 3 is 2.15 bits per heavy atom. The molecule has 40 heavy (non-hydrogen) atoms. The van der Waals surface area contributed by atoms with Crippen LogP contribution in [-0.4, -0.2) is 112 Å². The van der Waals surface area contributed by atoms with E-state index in [4.69, 9.17) is 10.5 Å². The Labute approximate surface area is 230 Å². The minimum Gasteiger partial charge on any atom is -0.378 e. The van der Waals surface area contributed by atoms with Gasteiger partial charge in [-0.3, -0.25) is 9.59 Å². The van der Waals surface area contributed by atoms with Crippen LogP contribution in [0.15, 0.2) is 18.9 Å². The maximum atomic E-state index is 13.8. The lowest BCUT2D eigenvalue weighted by Crippen LogP contribution is -2.52. The Morgan fingerprint density at radius 2 is 1.55 bits per heavy atom. The number of likely N-dealkylation sites (tertiary alicyclic amines) is 1. The van der Waals surface area contributed by atoms with E-state index in [1.165, 1.54) is 12.3 Å². The molecule has 3 saturated heterocycles. The van der Waals surface area contributed by atoms with Crippen molar-refractivity contribution in [3.63, 3.8) is 0 Å². The van der Waals surface area contributed by atoms with Gasteiger partial charge in [0.2, 0.25) is 29.7 Å². The first kappa shape index (κ1) is 27.6. The largest absolute Gasteiger partial charge is 0.378 e. The van der Waals surface area contributed by atoms with Crippen molar-refractivity contribution in [3.05, 3.63) is 24.5 Å². The molecule has 0 spiro atoms. The molecule has 2 amide bonds. The molecular weight excluding hydrogens is 526 g/mol. The lowest BCUT2D eigenvalue weighted by molar-refractivity contribution is -0.139. The molecule has 0 bridgehead atoms. The van der Waals surface area contributed by atoms with Gasteiger partial charge < -0.3 is 30.1 Å². The van der Waals surface area contributed by atoms with Crippen molar-refractivity contribution in [2.75, 3.05) is 81.1 Å². The van der Waals surface area contributed by atoms with Crippen molar-refractivity contribution < 1.29 is 23.1 Å². The average Bonchev–Trinajstić information content (AvgIpc) is 3.00. The minimum atomic E-state index is -2.90. The number of morpholine rings is 1. The molecule has 0 unspecified atom stereocenters. The number of hydrogen-bond acceptors (Lipinski definition) is 11. The van der Waals surface area contributed by atoms with Crippen molar-refractivity contribution in [1.82, 2.24) is 34.7 Å². The van der Waals surface area contributed by atoms with E-state index in [9.17, 15) is 18.4 Å². The zero-order chi connectivity index (χ0) is 28.2. The summed E-state index contributed by atoms with van der Waals surface area (Å²) in [7, 11) is 0. The summed E-state index contributed by atoms with van der Waals surface area (Å²) in [5.41, 5.74) is 5.00. The first-order chi connectivity index (χ1) is 19.3. The number of halogens is 2. The van der Waals surface area contributed by atoms with Crippen molar-refractivity contribution in [2.24, 2.45) is 5.92 Å². The number of alkyl halides is 2. The Hall–Kier alpha value is -4.01. The van der Waals surface area contributed by atoms with Gasteiger partial charge in [0.15, 0.2) is 5.82 Å². The first-order valence-corrected chi connectivity index (χ1v) is 13.3. The van der Waals surface area contributed by atoms with Gasteiger partial charge in [-0.1, -0.05) is 6.58 Å². The summed E-state index contributed by atoms with van der Waals surface area (Å²) < 4.78 is 33.1. The molecule has 0 atom stereocenters. The molecule has 2 N–H and O–H groups in total. The van der Waals surface area contributed by atoms with E-state index in [0.717, 1.165) is 0 Å². The van der Waals surface area contributed by atoms with Crippen molar-refractivity contribution in [1.29, 1.82) is 0 Å². The predicted octanol–water partition coefficient (Wildman–Crippen LogP) is 0.758. The fourth-order valence-corrected chi connectivity index (χ4v) is 5.13. The highest BCUT2D eigenvalue weighted by Gasteiger charge is 2.32. The molecule has 3 aliphatic rings. The number of nitrogen functional groups attached to an aromatic ring is 1. The van der Waals surface area contributed by atoms with Gasteiger partial charge in [-0.2, -0.15) is 15.0 Å². The van der Waals surface area contributed by atoms with Crippen molar-refractivity contribution in [3.8, 4) is 11.4 Å². The Bertz CT molecular complexity index is 1240. The summed E-state index contributed by atoms with van der Waals surface area (Å²) in [5, 5.41) is 0. The number of ether oxygens (including phenoxy) is 1. The van der Waals surface area contributed by atoms with Gasteiger partial charge in [0.25, 0.3) is 6.43 Å². The molecule has 5 heterocycles. The van der Waals surface area contributed by atoms with Gasteiger partial charge in [-0.25, -0.2) is 18.7 Å². The second-order valence-electron chi connectivity index (χ2n) is 9.80. The number of carbonyl (C=O) groups excluding carboxylic acids is 2. The van der Waals surface area contributed by atoms with E-state index in [-0.39, 0.29) is 35.1 Å². The zero-order valence-electron chi connectivity index (χ0n) is 22.1. The lowest BCUT2D eigenvalue weighted by atomic mass is 9.95. The summed E-state index contributed by atoms with van der Waals surface area (Å²) >= 11 is 0. The van der Waals surface area contributed by atoms with Gasteiger partial charge >= 0.3 is 0 Å². The molecule has 5 rings (SSSR count). The van der Waals surface area contributed by atoms with Crippen LogP contribution < -0.4 is 15.5 Å². The molecule has 0 saturated carbocycles. The molecule has 15 heteroatoms. The highest BCUT2D eigenvalue weighted by atomic mass is 19.3. The van der Waals surface area contributed by atoms with E-state index in [0.29, 0.717) is 90.3 Å². The minimum absolute atomic E-state index is 0.0162. The summed E-state index contributed by atoms with van der Waals surface area (Å²) in [5.74, 6) is 0.277. The van der Waals surface area contributed by atoms with Gasteiger partial charge in [0.05, 0.1) is 18.8 Å². The van der Waals surface area contributed by atoms with Crippen LogP contribution in [0.4, 0.5) is 26.6 Å². The summed E-state index contributed by atoms with van der Waals surface area (Å²) in [6, 6.07) is 0. The maximum Gasteiger partial charge on any atom is 0.281 e. The number of rotatable bonds is 6. The Balaban J connectivity index is 1.33. The molecule has 0 aromatic carbocycles. The van der Waals surface area contributed by atoms with Gasteiger partial charge in [0, 0.05) is 64.5 Å². The second-order valence-corrected chi connectivity index (χ2v) is 9.80. The zero-order valence-corrected chi connectivity index (χ0v) is 22.1.